The van der Waals surface area contributed by atoms with Crippen molar-refractivity contribution >= 4 is 11.6 Å². The SMILES string of the molecule is CCNC(C)(C)C(=O)N1CCN(c2ccc(O)cc2)CC1. The van der Waals surface area contributed by atoms with E-state index < -0.39 is 5.54 Å². The Morgan fingerprint density at radius 3 is 2.29 bits per heavy atom. The molecule has 1 aromatic rings. The molecule has 1 fully saturated rings. The molecular weight excluding hydrogens is 266 g/mol. The normalized spacial score (nSPS) is 16.1. The minimum absolute atomic E-state index is 0.162. The van der Waals surface area contributed by atoms with Gasteiger partial charge in [-0.15, -0.1) is 0 Å². The summed E-state index contributed by atoms with van der Waals surface area (Å²) in [7, 11) is 0. The van der Waals surface area contributed by atoms with E-state index in [1.54, 1.807) is 12.1 Å². The fourth-order valence-corrected chi connectivity index (χ4v) is 2.74. The van der Waals surface area contributed by atoms with Crippen LogP contribution in [0.3, 0.4) is 0 Å². The summed E-state index contributed by atoms with van der Waals surface area (Å²) in [6.07, 6.45) is 0. The van der Waals surface area contributed by atoms with E-state index in [2.05, 4.69) is 10.2 Å². The van der Waals surface area contributed by atoms with Crippen molar-refractivity contribution in [3.63, 3.8) is 0 Å². The maximum absolute atomic E-state index is 12.5. The predicted octanol–water partition coefficient (Wildman–Crippen LogP) is 1.43. The average molecular weight is 291 g/mol. The van der Waals surface area contributed by atoms with Gasteiger partial charge in [0.2, 0.25) is 5.91 Å². The van der Waals surface area contributed by atoms with E-state index in [1.807, 2.05) is 37.8 Å². The maximum atomic E-state index is 12.5. The van der Waals surface area contributed by atoms with Crippen molar-refractivity contribution in [2.45, 2.75) is 26.3 Å². The molecule has 0 atom stereocenters. The number of benzene rings is 1. The first-order chi connectivity index (χ1) is 9.94. The van der Waals surface area contributed by atoms with Gasteiger partial charge in [0, 0.05) is 31.9 Å². The standard InChI is InChI=1S/C16H25N3O2/c1-4-17-16(2,3)15(21)19-11-9-18(10-12-19)13-5-7-14(20)8-6-13/h5-8,17,20H,4,9-12H2,1-3H3. The lowest BCUT2D eigenvalue weighted by Gasteiger charge is -2.39. The second-order valence-corrected chi connectivity index (χ2v) is 5.95. The van der Waals surface area contributed by atoms with Crippen LogP contribution in [0.5, 0.6) is 5.75 Å². The quantitative estimate of drug-likeness (QED) is 0.881. The molecule has 0 bridgehead atoms. The molecule has 1 aromatic carbocycles. The minimum Gasteiger partial charge on any atom is -0.508 e. The first kappa shape index (κ1) is 15.6. The Bertz CT molecular complexity index is 477. The number of piperazine rings is 1. The fraction of sp³-hybridized carbons (Fsp3) is 0.562. The number of rotatable bonds is 4. The summed E-state index contributed by atoms with van der Waals surface area (Å²) in [6.45, 7) is 9.76. The summed E-state index contributed by atoms with van der Waals surface area (Å²) in [5.74, 6) is 0.439. The van der Waals surface area contributed by atoms with E-state index in [4.69, 9.17) is 0 Å². The van der Waals surface area contributed by atoms with Crippen LogP contribution in [0.2, 0.25) is 0 Å². The van der Waals surface area contributed by atoms with Crippen LogP contribution in [0.1, 0.15) is 20.8 Å². The Hall–Kier alpha value is -1.75. The van der Waals surface area contributed by atoms with Gasteiger partial charge in [-0.05, 0) is 44.7 Å². The van der Waals surface area contributed by atoms with E-state index in [-0.39, 0.29) is 11.7 Å². The van der Waals surface area contributed by atoms with Gasteiger partial charge in [0.05, 0.1) is 5.54 Å². The smallest absolute Gasteiger partial charge is 0.242 e. The third-order valence-corrected chi connectivity index (χ3v) is 3.94. The zero-order valence-electron chi connectivity index (χ0n) is 13.1. The maximum Gasteiger partial charge on any atom is 0.242 e. The van der Waals surface area contributed by atoms with Gasteiger partial charge in [-0.1, -0.05) is 6.92 Å². The van der Waals surface area contributed by atoms with E-state index in [9.17, 15) is 9.90 Å². The molecule has 2 N–H and O–H groups in total. The van der Waals surface area contributed by atoms with Crippen molar-refractivity contribution < 1.29 is 9.90 Å². The summed E-state index contributed by atoms with van der Waals surface area (Å²) in [5, 5.41) is 12.6. The lowest BCUT2D eigenvalue weighted by molar-refractivity contribution is -0.137. The highest BCUT2D eigenvalue weighted by molar-refractivity contribution is 5.85. The minimum atomic E-state index is -0.505. The Kier molecular flexibility index (Phi) is 4.73. The number of phenols is 1. The second kappa shape index (κ2) is 6.35. The topological polar surface area (TPSA) is 55.8 Å². The molecule has 1 heterocycles. The molecule has 1 aliphatic heterocycles. The molecule has 21 heavy (non-hydrogen) atoms. The van der Waals surface area contributed by atoms with Crippen LogP contribution in [-0.2, 0) is 4.79 Å². The number of phenolic OH excluding ortho intramolecular Hbond substituents is 1. The van der Waals surface area contributed by atoms with Crippen molar-refractivity contribution in [2.75, 3.05) is 37.6 Å². The molecule has 5 nitrogen and oxygen atoms in total. The highest BCUT2D eigenvalue weighted by Crippen LogP contribution is 2.20. The number of anilines is 1. The molecule has 0 aliphatic carbocycles. The fourth-order valence-electron chi connectivity index (χ4n) is 2.74. The molecule has 2 rings (SSSR count). The first-order valence-electron chi connectivity index (χ1n) is 7.52. The van der Waals surface area contributed by atoms with Crippen LogP contribution in [0.4, 0.5) is 5.69 Å². The van der Waals surface area contributed by atoms with Gasteiger partial charge in [-0.2, -0.15) is 0 Å². The summed E-state index contributed by atoms with van der Waals surface area (Å²) in [4.78, 5) is 16.7. The number of carbonyl (C=O) groups is 1. The monoisotopic (exact) mass is 291 g/mol. The van der Waals surface area contributed by atoms with Gasteiger partial charge >= 0.3 is 0 Å². The second-order valence-electron chi connectivity index (χ2n) is 5.95. The van der Waals surface area contributed by atoms with Gasteiger partial charge in [-0.3, -0.25) is 4.79 Å². The molecule has 1 amide bonds. The number of aromatic hydroxyl groups is 1. The van der Waals surface area contributed by atoms with Crippen LogP contribution in [0.25, 0.3) is 0 Å². The largest absolute Gasteiger partial charge is 0.508 e. The van der Waals surface area contributed by atoms with Crippen LogP contribution >= 0.6 is 0 Å². The van der Waals surface area contributed by atoms with Crippen molar-refractivity contribution in [1.29, 1.82) is 0 Å². The van der Waals surface area contributed by atoms with Gasteiger partial charge in [0.1, 0.15) is 5.75 Å². The molecule has 116 valence electrons. The molecule has 0 spiro atoms. The Balaban J connectivity index is 1.94. The Morgan fingerprint density at radius 2 is 1.76 bits per heavy atom. The number of likely N-dealkylation sites (N-methyl/N-ethyl adjacent to an activating group) is 1. The van der Waals surface area contributed by atoms with Gasteiger partial charge in [-0.25, -0.2) is 0 Å². The van der Waals surface area contributed by atoms with E-state index in [0.717, 1.165) is 38.4 Å². The number of hydrogen-bond acceptors (Lipinski definition) is 4. The number of hydrogen-bond donors (Lipinski definition) is 2. The molecule has 1 aliphatic rings. The molecule has 0 unspecified atom stereocenters. The van der Waals surface area contributed by atoms with Gasteiger partial charge in [0.15, 0.2) is 0 Å². The molecule has 0 saturated carbocycles. The number of carbonyl (C=O) groups excluding carboxylic acids is 1. The van der Waals surface area contributed by atoms with Gasteiger partial charge in [0.25, 0.3) is 0 Å². The zero-order chi connectivity index (χ0) is 15.5. The Labute approximate surface area is 126 Å². The van der Waals surface area contributed by atoms with Crippen LogP contribution in [-0.4, -0.2) is 54.2 Å². The summed E-state index contributed by atoms with van der Waals surface area (Å²) in [5.41, 5.74) is 0.584. The van der Waals surface area contributed by atoms with Crippen LogP contribution in [0, 0.1) is 0 Å². The number of nitrogens with one attached hydrogen (secondary N) is 1. The number of nitrogens with zero attached hydrogens (tertiary/aromatic N) is 2. The van der Waals surface area contributed by atoms with Gasteiger partial charge < -0.3 is 20.2 Å². The van der Waals surface area contributed by atoms with Crippen LogP contribution in [0.15, 0.2) is 24.3 Å². The van der Waals surface area contributed by atoms with E-state index in [0.29, 0.717) is 0 Å². The lowest BCUT2D eigenvalue weighted by Crippen LogP contribution is -2.58. The average Bonchev–Trinajstić information content (AvgIpc) is 2.47. The zero-order valence-corrected chi connectivity index (χ0v) is 13.1. The van der Waals surface area contributed by atoms with E-state index in [1.165, 1.54) is 0 Å². The van der Waals surface area contributed by atoms with E-state index >= 15 is 0 Å². The highest BCUT2D eigenvalue weighted by atomic mass is 16.3. The van der Waals surface area contributed by atoms with Crippen molar-refractivity contribution in [1.82, 2.24) is 10.2 Å². The van der Waals surface area contributed by atoms with Crippen molar-refractivity contribution in [3.8, 4) is 5.75 Å². The third kappa shape index (κ3) is 3.67. The third-order valence-electron chi connectivity index (χ3n) is 3.94. The molecule has 0 radical (unpaired) electrons. The first-order valence-corrected chi connectivity index (χ1v) is 7.52. The summed E-state index contributed by atoms with van der Waals surface area (Å²) < 4.78 is 0. The molecule has 1 saturated heterocycles. The molecule has 0 aromatic heterocycles. The summed E-state index contributed by atoms with van der Waals surface area (Å²) >= 11 is 0. The summed E-state index contributed by atoms with van der Waals surface area (Å²) in [6, 6.07) is 7.22. The lowest BCUT2D eigenvalue weighted by atomic mass is 10.0. The molecule has 5 heteroatoms. The van der Waals surface area contributed by atoms with Crippen molar-refractivity contribution in [3.05, 3.63) is 24.3 Å². The highest BCUT2D eigenvalue weighted by Gasteiger charge is 2.32. The number of amides is 1. The Morgan fingerprint density at radius 1 is 1.19 bits per heavy atom. The van der Waals surface area contributed by atoms with Crippen molar-refractivity contribution in [2.24, 2.45) is 0 Å². The molecular formula is C16H25N3O2. The van der Waals surface area contributed by atoms with Crippen LogP contribution < -0.4 is 10.2 Å². The predicted molar refractivity (Wildman–Crippen MR) is 84.7 cm³/mol.